The van der Waals surface area contributed by atoms with Gasteiger partial charge in [-0.05, 0) is 44.7 Å². The third kappa shape index (κ3) is 3.55. The summed E-state index contributed by atoms with van der Waals surface area (Å²) in [7, 11) is 0. The maximum atomic E-state index is 6.02. The van der Waals surface area contributed by atoms with Crippen LogP contribution < -0.4 is 5.73 Å². The molecule has 2 N–H and O–H groups in total. The van der Waals surface area contributed by atoms with Crippen LogP contribution in [-0.2, 0) is 6.54 Å². The Labute approximate surface area is 105 Å². The third-order valence-corrected chi connectivity index (χ3v) is 3.81. The monoisotopic (exact) mass is 232 g/mol. The first-order valence-electron chi connectivity index (χ1n) is 6.68. The fourth-order valence-electron chi connectivity index (χ4n) is 2.62. The van der Waals surface area contributed by atoms with E-state index in [1.807, 2.05) is 0 Å². The summed E-state index contributed by atoms with van der Waals surface area (Å²) in [6.45, 7) is 7.73. The summed E-state index contributed by atoms with van der Waals surface area (Å²) < 4.78 is 0. The van der Waals surface area contributed by atoms with Gasteiger partial charge >= 0.3 is 0 Å². The molecular formula is C15H24N2. The molecule has 1 fully saturated rings. The maximum absolute atomic E-state index is 6.02. The largest absolute Gasteiger partial charge is 0.328 e. The molecule has 0 spiro atoms. The second kappa shape index (κ2) is 5.65. The van der Waals surface area contributed by atoms with Crippen molar-refractivity contribution in [1.29, 1.82) is 0 Å². The average Bonchev–Trinajstić information content (AvgIpc) is 2.32. The lowest BCUT2D eigenvalue weighted by atomic mass is 9.92. The minimum Gasteiger partial charge on any atom is -0.328 e. The lowest BCUT2D eigenvalue weighted by Crippen LogP contribution is -2.41. The van der Waals surface area contributed by atoms with Crippen molar-refractivity contribution in [2.45, 2.75) is 39.3 Å². The summed E-state index contributed by atoms with van der Waals surface area (Å²) in [6.07, 6.45) is 2.58. The number of likely N-dealkylation sites (tertiary alicyclic amines) is 1. The van der Waals surface area contributed by atoms with Gasteiger partial charge in [0.05, 0.1) is 0 Å². The molecule has 2 atom stereocenters. The van der Waals surface area contributed by atoms with E-state index in [-0.39, 0.29) is 0 Å². The highest BCUT2D eigenvalue weighted by atomic mass is 15.1. The zero-order valence-electron chi connectivity index (χ0n) is 11.0. The van der Waals surface area contributed by atoms with Gasteiger partial charge in [-0.15, -0.1) is 0 Å². The normalized spacial score (nSPS) is 23.6. The summed E-state index contributed by atoms with van der Waals surface area (Å²) in [4.78, 5) is 2.54. The van der Waals surface area contributed by atoms with E-state index in [1.165, 1.54) is 30.5 Å². The van der Waals surface area contributed by atoms with Crippen molar-refractivity contribution in [3.05, 3.63) is 35.4 Å². The van der Waals surface area contributed by atoms with E-state index < -0.39 is 0 Å². The zero-order valence-corrected chi connectivity index (χ0v) is 11.0. The highest BCUT2D eigenvalue weighted by Gasteiger charge is 2.22. The number of aryl methyl sites for hydroxylation is 1. The van der Waals surface area contributed by atoms with Crippen molar-refractivity contribution < 1.29 is 0 Å². The number of rotatable bonds is 3. The van der Waals surface area contributed by atoms with E-state index in [2.05, 4.69) is 43.0 Å². The van der Waals surface area contributed by atoms with Crippen LogP contribution in [0.3, 0.4) is 0 Å². The lowest BCUT2D eigenvalue weighted by molar-refractivity contribution is 0.154. The molecule has 2 heteroatoms. The molecule has 0 bridgehead atoms. The van der Waals surface area contributed by atoms with E-state index in [0.717, 1.165) is 13.1 Å². The Balaban J connectivity index is 1.92. The smallest absolute Gasteiger partial charge is 0.0233 e. The maximum Gasteiger partial charge on any atom is 0.0233 e. The SMILES string of the molecule is Cc1ccc(CN2CCCC(C(C)N)C2)cc1. The lowest BCUT2D eigenvalue weighted by Gasteiger charge is -2.34. The Hall–Kier alpha value is -0.860. The number of piperidine rings is 1. The van der Waals surface area contributed by atoms with Gasteiger partial charge in [0.25, 0.3) is 0 Å². The van der Waals surface area contributed by atoms with Gasteiger partial charge in [0.2, 0.25) is 0 Å². The number of hydrogen-bond acceptors (Lipinski definition) is 2. The first-order valence-corrected chi connectivity index (χ1v) is 6.68. The minimum absolute atomic E-state index is 0.329. The van der Waals surface area contributed by atoms with Crippen LogP contribution in [0.5, 0.6) is 0 Å². The van der Waals surface area contributed by atoms with Crippen LogP contribution in [0.1, 0.15) is 30.9 Å². The second-order valence-electron chi connectivity index (χ2n) is 5.48. The topological polar surface area (TPSA) is 29.3 Å². The number of nitrogens with two attached hydrogens (primary N) is 1. The van der Waals surface area contributed by atoms with Crippen LogP contribution in [0, 0.1) is 12.8 Å². The highest BCUT2D eigenvalue weighted by Crippen LogP contribution is 2.20. The summed E-state index contributed by atoms with van der Waals surface area (Å²) in [5.41, 5.74) is 8.77. The quantitative estimate of drug-likeness (QED) is 0.868. The van der Waals surface area contributed by atoms with Crippen LogP contribution in [0.2, 0.25) is 0 Å². The fraction of sp³-hybridized carbons (Fsp3) is 0.600. The van der Waals surface area contributed by atoms with Gasteiger partial charge in [0, 0.05) is 19.1 Å². The summed E-state index contributed by atoms with van der Waals surface area (Å²) in [5, 5.41) is 0. The Morgan fingerprint density at radius 2 is 2.06 bits per heavy atom. The predicted octanol–water partition coefficient (Wildman–Crippen LogP) is 2.55. The molecule has 1 aliphatic rings. The molecule has 0 aliphatic carbocycles. The van der Waals surface area contributed by atoms with Gasteiger partial charge in [0.1, 0.15) is 0 Å². The van der Waals surface area contributed by atoms with Crippen molar-refractivity contribution in [3.63, 3.8) is 0 Å². The third-order valence-electron chi connectivity index (χ3n) is 3.81. The fourth-order valence-corrected chi connectivity index (χ4v) is 2.62. The highest BCUT2D eigenvalue weighted by molar-refractivity contribution is 5.21. The van der Waals surface area contributed by atoms with Gasteiger partial charge < -0.3 is 5.73 Å². The molecule has 1 aliphatic heterocycles. The van der Waals surface area contributed by atoms with E-state index in [9.17, 15) is 0 Å². The molecule has 1 saturated heterocycles. The van der Waals surface area contributed by atoms with Crippen molar-refractivity contribution >= 4 is 0 Å². The number of hydrogen-bond donors (Lipinski definition) is 1. The Kier molecular flexibility index (Phi) is 4.19. The van der Waals surface area contributed by atoms with Gasteiger partial charge in [-0.25, -0.2) is 0 Å². The molecule has 17 heavy (non-hydrogen) atoms. The van der Waals surface area contributed by atoms with Crippen LogP contribution in [0.4, 0.5) is 0 Å². The standard InChI is InChI=1S/C15H24N2/c1-12-5-7-14(8-6-12)10-17-9-3-4-15(11-17)13(2)16/h5-8,13,15H,3-4,9-11,16H2,1-2H3. The molecule has 2 rings (SSSR count). The van der Waals surface area contributed by atoms with Gasteiger partial charge in [0.15, 0.2) is 0 Å². The first kappa shape index (κ1) is 12.6. The van der Waals surface area contributed by atoms with Gasteiger partial charge in [-0.3, -0.25) is 4.90 Å². The van der Waals surface area contributed by atoms with Crippen molar-refractivity contribution in [2.24, 2.45) is 11.7 Å². The molecule has 0 aromatic heterocycles. The van der Waals surface area contributed by atoms with E-state index >= 15 is 0 Å². The second-order valence-corrected chi connectivity index (χ2v) is 5.48. The van der Waals surface area contributed by atoms with E-state index in [1.54, 1.807) is 0 Å². The summed E-state index contributed by atoms with van der Waals surface area (Å²) in [6, 6.07) is 9.20. The van der Waals surface area contributed by atoms with Crippen LogP contribution in [0.25, 0.3) is 0 Å². The molecule has 2 nitrogen and oxygen atoms in total. The van der Waals surface area contributed by atoms with Crippen LogP contribution >= 0.6 is 0 Å². The number of nitrogens with zero attached hydrogens (tertiary/aromatic N) is 1. The zero-order chi connectivity index (χ0) is 12.3. The van der Waals surface area contributed by atoms with Gasteiger partial charge in [-0.2, -0.15) is 0 Å². The van der Waals surface area contributed by atoms with Crippen LogP contribution in [-0.4, -0.2) is 24.0 Å². The summed E-state index contributed by atoms with van der Waals surface area (Å²) in [5.74, 6) is 0.675. The molecule has 0 amide bonds. The Morgan fingerprint density at radius 1 is 1.35 bits per heavy atom. The molecule has 1 aromatic rings. The molecule has 1 heterocycles. The molecule has 94 valence electrons. The number of benzene rings is 1. The Bertz CT molecular complexity index is 342. The predicted molar refractivity (Wildman–Crippen MR) is 72.8 cm³/mol. The minimum atomic E-state index is 0.329. The first-order chi connectivity index (χ1) is 8.15. The van der Waals surface area contributed by atoms with Crippen LogP contribution in [0.15, 0.2) is 24.3 Å². The molecule has 0 radical (unpaired) electrons. The summed E-state index contributed by atoms with van der Waals surface area (Å²) >= 11 is 0. The molecular weight excluding hydrogens is 208 g/mol. The molecule has 0 saturated carbocycles. The molecule has 2 unspecified atom stereocenters. The van der Waals surface area contributed by atoms with Gasteiger partial charge in [-0.1, -0.05) is 29.8 Å². The van der Waals surface area contributed by atoms with Crippen molar-refractivity contribution in [2.75, 3.05) is 13.1 Å². The van der Waals surface area contributed by atoms with E-state index in [0.29, 0.717) is 12.0 Å². The van der Waals surface area contributed by atoms with Crippen molar-refractivity contribution in [3.8, 4) is 0 Å². The average molecular weight is 232 g/mol. The molecule has 1 aromatic carbocycles. The Morgan fingerprint density at radius 3 is 2.71 bits per heavy atom. The van der Waals surface area contributed by atoms with E-state index in [4.69, 9.17) is 5.73 Å². The van der Waals surface area contributed by atoms with Crippen molar-refractivity contribution in [1.82, 2.24) is 4.90 Å².